The first kappa shape index (κ1) is 11.0. The highest BCUT2D eigenvalue weighted by Gasteiger charge is 2.44. The Kier molecular flexibility index (Phi) is 2.01. The van der Waals surface area contributed by atoms with E-state index in [-0.39, 0.29) is 0 Å². The molecule has 6 rings (SSSR count). The molecular formula is C19H16B. The molecule has 0 saturated carbocycles. The van der Waals surface area contributed by atoms with Crippen molar-refractivity contribution in [3.8, 4) is 0 Å². The molecule has 0 atom stereocenters. The van der Waals surface area contributed by atoms with Crippen molar-refractivity contribution in [2.75, 3.05) is 0 Å². The van der Waals surface area contributed by atoms with Gasteiger partial charge in [0.05, 0.1) is 0 Å². The fourth-order valence-corrected chi connectivity index (χ4v) is 4.58. The summed E-state index contributed by atoms with van der Waals surface area (Å²) in [6.45, 7) is 2.13. The van der Waals surface area contributed by atoms with Gasteiger partial charge in [-0.25, -0.2) is 0 Å². The van der Waals surface area contributed by atoms with Crippen LogP contribution in [0.15, 0.2) is 64.8 Å². The Balaban J connectivity index is 1.79. The molecule has 0 aliphatic heterocycles. The first-order valence-electron chi connectivity index (χ1n) is 7.60. The van der Waals surface area contributed by atoms with Gasteiger partial charge in [0.15, 0.2) is 0 Å². The molecule has 0 spiro atoms. The lowest BCUT2D eigenvalue weighted by Gasteiger charge is -2.41. The van der Waals surface area contributed by atoms with E-state index in [1.54, 1.807) is 33.4 Å². The monoisotopic (exact) mass is 255 g/mol. The number of benzene rings is 1. The Morgan fingerprint density at radius 3 is 2.25 bits per heavy atom. The summed E-state index contributed by atoms with van der Waals surface area (Å²) in [5, 5.41) is 0. The van der Waals surface area contributed by atoms with E-state index in [2.05, 4.69) is 56.6 Å². The maximum absolute atomic E-state index is 2.43. The zero-order valence-corrected chi connectivity index (χ0v) is 11.7. The third-order valence-electron chi connectivity index (χ3n) is 5.40. The number of hydrogen-bond acceptors (Lipinski definition) is 0. The van der Waals surface area contributed by atoms with Crippen molar-refractivity contribution in [1.82, 2.24) is 0 Å². The average molecular weight is 255 g/mol. The molecule has 5 aliphatic rings. The minimum atomic E-state index is 0.517. The molecule has 95 valence electrons. The van der Waals surface area contributed by atoms with Gasteiger partial charge in [-0.1, -0.05) is 65.9 Å². The molecule has 2 bridgehead atoms. The molecular weight excluding hydrogens is 239 g/mol. The Bertz CT molecular complexity index is 720. The van der Waals surface area contributed by atoms with E-state index in [0.717, 1.165) is 12.8 Å². The molecule has 0 fully saturated rings. The molecule has 1 radical (unpaired) electrons. The van der Waals surface area contributed by atoms with Crippen molar-refractivity contribution in [3.63, 3.8) is 0 Å². The van der Waals surface area contributed by atoms with Gasteiger partial charge in [-0.05, 0) is 35.1 Å². The number of rotatable bonds is 1. The zero-order chi connectivity index (χ0) is 13.3. The van der Waals surface area contributed by atoms with Gasteiger partial charge < -0.3 is 0 Å². The van der Waals surface area contributed by atoms with E-state index >= 15 is 0 Å². The first-order chi connectivity index (χ1) is 9.88. The van der Waals surface area contributed by atoms with Gasteiger partial charge in [0.2, 0.25) is 0 Å². The van der Waals surface area contributed by atoms with Crippen LogP contribution in [0.5, 0.6) is 0 Å². The fraction of sp³-hybridized carbons (Fsp3) is 0.263. The van der Waals surface area contributed by atoms with E-state index in [9.17, 15) is 0 Å². The second-order valence-corrected chi connectivity index (χ2v) is 6.22. The molecule has 0 N–H and O–H groups in total. The standard InChI is InChI=1S/C19H16B/c1-20-11-8-9-16-17(10-11)19-14-6-2-4-12(14)18(16)13-5-3-7-15(13)19/h2-5,8-10,18-19H,6-7H2,1H3. The Morgan fingerprint density at radius 2 is 1.60 bits per heavy atom. The van der Waals surface area contributed by atoms with Crippen LogP contribution in [0.25, 0.3) is 0 Å². The van der Waals surface area contributed by atoms with Crippen molar-refractivity contribution in [3.05, 3.63) is 75.9 Å². The van der Waals surface area contributed by atoms with Crippen LogP contribution in [0, 0.1) is 0 Å². The van der Waals surface area contributed by atoms with Gasteiger partial charge in [-0.15, -0.1) is 0 Å². The Hall–Kier alpha value is -1.76. The second kappa shape index (κ2) is 3.66. The largest absolute Gasteiger partial charge is 0.148 e. The summed E-state index contributed by atoms with van der Waals surface area (Å²) in [6.07, 6.45) is 11.8. The van der Waals surface area contributed by atoms with Crippen molar-refractivity contribution in [2.45, 2.75) is 31.5 Å². The van der Waals surface area contributed by atoms with E-state index in [0.29, 0.717) is 11.8 Å². The number of allylic oxidation sites excluding steroid dienone is 8. The van der Waals surface area contributed by atoms with Gasteiger partial charge in [-0.2, -0.15) is 0 Å². The lowest BCUT2D eigenvalue weighted by molar-refractivity contribution is 0.725. The SMILES string of the molecule is C[B]c1ccc2c(c1)C1C3=C(C=CC3)C2C2=C1CC=C2. The second-order valence-electron chi connectivity index (χ2n) is 6.22. The number of hydrogen-bond donors (Lipinski definition) is 0. The highest BCUT2D eigenvalue weighted by atomic mass is 14.5. The summed E-state index contributed by atoms with van der Waals surface area (Å²) in [7, 11) is 2.22. The normalized spacial score (nSPS) is 28.1. The van der Waals surface area contributed by atoms with E-state index in [1.807, 2.05) is 0 Å². The minimum absolute atomic E-state index is 0.517. The van der Waals surface area contributed by atoms with E-state index in [1.165, 1.54) is 5.46 Å². The van der Waals surface area contributed by atoms with Crippen LogP contribution < -0.4 is 5.46 Å². The van der Waals surface area contributed by atoms with Crippen molar-refractivity contribution >= 4 is 12.7 Å². The third-order valence-corrected chi connectivity index (χ3v) is 5.40. The quantitative estimate of drug-likeness (QED) is 0.670. The van der Waals surface area contributed by atoms with Gasteiger partial charge in [0.25, 0.3) is 0 Å². The van der Waals surface area contributed by atoms with Crippen LogP contribution in [-0.4, -0.2) is 7.28 Å². The van der Waals surface area contributed by atoms with Gasteiger partial charge >= 0.3 is 0 Å². The molecule has 0 aromatic heterocycles. The van der Waals surface area contributed by atoms with Crippen LogP contribution in [0.4, 0.5) is 0 Å². The van der Waals surface area contributed by atoms with Gasteiger partial charge in [0.1, 0.15) is 7.28 Å². The average Bonchev–Trinajstić information content (AvgIpc) is 3.15. The molecule has 20 heavy (non-hydrogen) atoms. The summed E-state index contributed by atoms with van der Waals surface area (Å²) < 4.78 is 0. The maximum Gasteiger partial charge on any atom is 0.148 e. The predicted molar refractivity (Wildman–Crippen MR) is 84.7 cm³/mol. The minimum Gasteiger partial charge on any atom is -0.0878 e. The summed E-state index contributed by atoms with van der Waals surface area (Å²) >= 11 is 0. The zero-order valence-electron chi connectivity index (χ0n) is 11.7. The molecule has 0 amide bonds. The first-order valence-corrected chi connectivity index (χ1v) is 7.60. The lowest BCUT2D eigenvalue weighted by atomic mass is 9.60. The summed E-state index contributed by atoms with van der Waals surface area (Å²) in [5.74, 6) is 1.08. The molecule has 1 aromatic rings. The molecule has 5 aliphatic carbocycles. The van der Waals surface area contributed by atoms with Crippen molar-refractivity contribution in [1.29, 1.82) is 0 Å². The van der Waals surface area contributed by atoms with E-state index < -0.39 is 0 Å². The molecule has 0 heterocycles. The third kappa shape index (κ3) is 1.15. The van der Waals surface area contributed by atoms with Gasteiger partial charge in [0, 0.05) is 11.8 Å². The van der Waals surface area contributed by atoms with Crippen LogP contribution in [0.1, 0.15) is 35.8 Å². The Morgan fingerprint density at radius 1 is 0.900 bits per heavy atom. The van der Waals surface area contributed by atoms with Crippen LogP contribution in [0.3, 0.4) is 0 Å². The summed E-state index contributed by atoms with van der Waals surface area (Å²) in [4.78, 5) is 0. The highest BCUT2D eigenvalue weighted by Crippen LogP contribution is 2.60. The summed E-state index contributed by atoms with van der Waals surface area (Å²) in [6, 6.07) is 7.07. The van der Waals surface area contributed by atoms with Crippen LogP contribution >= 0.6 is 0 Å². The molecule has 0 saturated heterocycles. The lowest BCUT2D eigenvalue weighted by Crippen LogP contribution is -2.27. The smallest absolute Gasteiger partial charge is 0.0878 e. The van der Waals surface area contributed by atoms with Crippen LogP contribution in [0.2, 0.25) is 6.82 Å². The maximum atomic E-state index is 2.43. The molecule has 1 aromatic carbocycles. The van der Waals surface area contributed by atoms with E-state index in [4.69, 9.17) is 0 Å². The van der Waals surface area contributed by atoms with Gasteiger partial charge in [-0.3, -0.25) is 0 Å². The molecule has 0 nitrogen and oxygen atoms in total. The predicted octanol–water partition coefficient (Wildman–Crippen LogP) is 3.77. The Labute approximate surface area is 120 Å². The summed E-state index contributed by atoms with van der Waals surface area (Å²) in [5.41, 5.74) is 11.0. The fourth-order valence-electron chi connectivity index (χ4n) is 4.58. The molecule has 0 unspecified atom stereocenters. The van der Waals surface area contributed by atoms with Crippen molar-refractivity contribution < 1.29 is 0 Å². The van der Waals surface area contributed by atoms with Crippen molar-refractivity contribution in [2.24, 2.45) is 0 Å². The topological polar surface area (TPSA) is 0 Å². The highest BCUT2D eigenvalue weighted by molar-refractivity contribution is 6.51. The van der Waals surface area contributed by atoms with Crippen LogP contribution in [-0.2, 0) is 0 Å². The molecule has 1 heteroatoms.